The normalized spacial score (nSPS) is 9.86. The Morgan fingerprint density at radius 2 is 1.73 bits per heavy atom. The van der Waals surface area contributed by atoms with Crippen LogP contribution in [0, 0.1) is 12.1 Å². The Morgan fingerprint density at radius 1 is 1.09 bits per heavy atom. The average molecular weight is 301 g/mol. The number of pyridine rings is 1. The molecule has 0 bridgehead atoms. The van der Waals surface area contributed by atoms with Crippen molar-refractivity contribution < 1.29 is 19.1 Å². The topological polar surface area (TPSA) is 94.4 Å². The SMILES string of the molecule is Cc1ccc(OCC(=O)NNC(=O)c2cc[n+]([O-])cc2)cc1. The zero-order valence-electron chi connectivity index (χ0n) is 11.9. The summed E-state index contributed by atoms with van der Waals surface area (Å²) in [5.74, 6) is -0.455. The molecule has 2 aromatic rings. The summed E-state index contributed by atoms with van der Waals surface area (Å²) in [6, 6.07) is 9.93. The third-order valence-electron chi connectivity index (χ3n) is 2.77. The van der Waals surface area contributed by atoms with Gasteiger partial charge in [0.05, 0.1) is 5.56 Å². The van der Waals surface area contributed by atoms with E-state index in [1.807, 2.05) is 19.1 Å². The van der Waals surface area contributed by atoms with E-state index in [2.05, 4.69) is 10.9 Å². The number of hydrogen-bond donors (Lipinski definition) is 2. The van der Waals surface area contributed by atoms with Gasteiger partial charge in [0.25, 0.3) is 11.8 Å². The number of ether oxygens (including phenoxy) is 1. The molecule has 2 amide bonds. The van der Waals surface area contributed by atoms with Gasteiger partial charge in [-0.1, -0.05) is 17.7 Å². The second-order valence-corrected chi connectivity index (χ2v) is 4.55. The van der Waals surface area contributed by atoms with Crippen molar-refractivity contribution in [3.05, 3.63) is 65.1 Å². The van der Waals surface area contributed by atoms with Gasteiger partial charge < -0.3 is 9.94 Å². The van der Waals surface area contributed by atoms with Gasteiger partial charge in [0.1, 0.15) is 5.75 Å². The highest BCUT2D eigenvalue weighted by atomic mass is 16.5. The minimum atomic E-state index is -0.524. The number of hydrogen-bond acceptors (Lipinski definition) is 4. The lowest BCUT2D eigenvalue weighted by Gasteiger charge is -2.09. The van der Waals surface area contributed by atoms with Crippen LogP contribution in [0.5, 0.6) is 5.75 Å². The summed E-state index contributed by atoms with van der Waals surface area (Å²) in [6.07, 6.45) is 2.38. The molecule has 0 fully saturated rings. The van der Waals surface area contributed by atoms with Gasteiger partial charge >= 0.3 is 0 Å². The number of rotatable bonds is 4. The summed E-state index contributed by atoms with van der Waals surface area (Å²) in [5, 5.41) is 10.8. The minimum absolute atomic E-state index is 0.224. The third-order valence-corrected chi connectivity index (χ3v) is 2.77. The lowest BCUT2D eigenvalue weighted by Crippen LogP contribution is -2.44. The highest BCUT2D eigenvalue weighted by Gasteiger charge is 2.08. The third kappa shape index (κ3) is 4.48. The lowest BCUT2D eigenvalue weighted by molar-refractivity contribution is -0.605. The van der Waals surface area contributed by atoms with Crippen molar-refractivity contribution in [3.8, 4) is 5.75 Å². The molecule has 1 aromatic carbocycles. The molecule has 2 rings (SSSR count). The molecular formula is C15H15N3O4. The van der Waals surface area contributed by atoms with E-state index < -0.39 is 11.8 Å². The molecule has 0 aliphatic carbocycles. The van der Waals surface area contributed by atoms with Crippen molar-refractivity contribution in [2.24, 2.45) is 0 Å². The van der Waals surface area contributed by atoms with E-state index in [1.54, 1.807) is 12.1 Å². The monoisotopic (exact) mass is 301 g/mol. The van der Waals surface area contributed by atoms with E-state index >= 15 is 0 Å². The van der Waals surface area contributed by atoms with Gasteiger partial charge in [-0.05, 0) is 19.1 Å². The van der Waals surface area contributed by atoms with Crippen molar-refractivity contribution >= 4 is 11.8 Å². The number of benzene rings is 1. The van der Waals surface area contributed by atoms with Crippen LogP contribution in [0.4, 0.5) is 0 Å². The Labute approximate surface area is 127 Å². The Morgan fingerprint density at radius 3 is 2.36 bits per heavy atom. The maximum Gasteiger partial charge on any atom is 0.276 e. The van der Waals surface area contributed by atoms with Crippen molar-refractivity contribution in [2.45, 2.75) is 6.92 Å². The molecule has 0 atom stereocenters. The van der Waals surface area contributed by atoms with E-state index in [-0.39, 0.29) is 12.2 Å². The number of nitrogens with one attached hydrogen (secondary N) is 2. The quantitative estimate of drug-likeness (QED) is 0.487. The first-order valence-electron chi connectivity index (χ1n) is 6.52. The van der Waals surface area contributed by atoms with Gasteiger partial charge in [-0.25, -0.2) is 0 Å². The maximum atomic E-state index is 11.7. The van der Waals surface area contributed by atoms with Crippen molar-refractivity contribution in [1.29, 1.82) is 0 Å². The van der Waals surface area contributed by atoms with Gasteiger partial charge in [0, 0.05) is 12.1 Å². The van der Waals surface area contributed by atoms with Crippen molar-refractivity contribution in [3.63, 3.8) is 0 Å². The molecule has 7 nitrogen and oxygen atoms in total. The Hall–Kier alpha value is -3.09. The summed E-state index contributed by atoms with van der Waals surface area (Å²) in [7, 11) is 0. The number of hydrazine groups is 1. The zero-order chi connectivity index (χ0) is 15.9. The number of carbonyl (C=O) groups excluding carboxylic acids is 2. The standard InChI is InChI=1S/C15H15N3O4/c1-11-2-4-13(5-3-11)22-10-14(19)16-17-15(20)12-6-8-18(21)9-7-12/h2-9H,10H2,1H3,(H,16,19)(H,17,20). The van der Waals surface area contributed by atoms with Crippen LogP contribution in [-0.4, -0.2) is 18.4 Å². The van der Waals surface area contributed by atoms with Gasteiger partial charge in [0.15, 0.2) is 19.0 Å². The number of carbonyl (C=O) groups is 2. The molecule has 1 heterocycles. The van der Waals surface area contributed by atoms with Crippen LogP contribution in [-0.2, 0) is 4.79 Å². The number of nitrogens with zero attached hydrogens (tertiary/aromatic N) is 1. The predicted octanol–water partition coefficient (Wildman–Crippen LogP) is 0.468. The maximum absolute atomic E-state index is 11.7. The van der Waals surface area contributed by atoms with Crippen LogP contribution in [0.1, 0.15) is 15.9 Å². The van der Waals surface area contributed by atoms with Crippen LogP contribution >= 0.6 is 0 Å². The number of aromatic nitrogens is 1. The van der Waals surface area contributed by atoms with E-state index in [1.165, 1.54) is 24.5 Å². The fourth-order valence-corrected chi connectivity index (χ4v) is 1.58. The van der Waals surface area contributed by atoms with Gasteiger partial charge in [0.2, 0.25) is 0 Å². The molecule has 0 radical (unpaired) electrons. The van der Waals surface area contributed by atoms with Crippen LogP contribution in [0.3, 0.4) is 0 Å². The first kappa shape index (κ1) is 15.3. The molecule has 7 heteroatoms. The summed E-state index contributed by atoms with van der Waals surface area (Å²) in [5.41, 5.74) is 5.81. The molecule has 0 aliphatic rings. The molecule has 0 aliphatic heterocycles. The van der Waals surface area contributed by atoms with Crippen molar-refractivity contribution in [2.75, 3.05) is 6.61 Å². The molecule has 22 heavy (non-hydrogen) atoms. The van der Waals surface area contributed by atoms with Gasteiger partial charge in [-0.15, -0.1) is 0 Å². The molecule has 114 valence electrons. The predicted molar refractivity (Wildman–Crippen MR) is 77.7 cm³/mol. The van der Waals surface area contributed by atoms with E-state index in [4.69, 9.17) is 4.74 Å². The van der Waals surface area contributed by atoms with Crippen LogP contribution in [0.25, 0.3) is 0 Å². The fourth-order valence-electron chi connectivity index (χ4n) is 1.58. The largest absolute Gasteiger partial charge is 0.619 e. The molecule has 0 saturated heterocycles. The number of aryl methyl sites for hydroxylation is 1. The minimum Gasteiger partial charge on any atom is -0.619 e. The average Bonchev–Trinajstić information content (AvgIpc) is 2.52. The highest BCUT2D eigenvalue weighted by Crippen LogP contribution is 2.10. The first-order chi connectivity index (χ1) is 10.5. The Kier molecular flexibility index (Phi) is 4.92. The smallest absolute Gasteiger partial charge is 0.276 e. The van der Waals surface area contributed by atoms with Crippen LogP contribution in [0.15, 0.2) is 48.8 Å². The summed E-state index contributed by atoms with van der Waals surface area (Å²) >= 11 is 0. The molecule has 0 unspecified atom stereocenters. The molecule has 0 spiro atoms. The molecular weight excluding hydrogens is 286 g/mol. The van der Waals surface area contributed by atoms with E-state index in [0.717, 1.165) is 5.56 Å². The van der Waals surface area contributed by atoms with Crippen molar-refractivity contribution in [1.82, 2.24) is 10.9 Å². The Bertz CT molecular complexity index is 653. The fraction of sp³-hybridized carbons (Fsp3) is 0.133. The van der Waals surface area contributed by atoms with Crippen LogP contribution < -0.4 is 20.3 Å². The second-order valence-electron chi connectivity index (χ2n) is 4.55. The molecule has 2 N–H and O–H groups in total. The summed E-state index contributed by atoms with van der Waals surface area (Å²) in [4.78, 5) is 23.3. The first-order valence-corrected chi connectivity index (χ1v) is 6.52. The molecule has 0 saturated carbocycles. The molecule has 1 aromatic heterocycles. The summed E-state index contributed by atoms with van der Waals surface area (Å²) < 4.78 is 5.83. The summed E-state index contributed by atoms with van der Waals surface area (Å²) in [6.45, 7) is 1.72. The highest BCUT2D eigenvalue weighted by molar-refractivity contribution is 5.95. The Balaban J connectivity index is 1.76. The van der Waals surface area contributed by atoms with Crippen LogP contribution in [0.2, 0.25) is 0 Å². The number of amides is 2. The van der Waals surface area contributed by atoms with E-state index in [9.17, 15) is 14.8 Å². The lowest BCUT2D eigenvalue weighted by atomic mass is 10.2. The van der Waals surface area contributed by atoms with Gasteiger partial charge in [-0.3, -0.25) is 20.4 Å². The van der Waals surface area contributed by atoms with E-state index in [0.29, 0.717) is 10.5 Å². The second kappa shape index (κ2) is 7.07. The zero-order valence-corrected chi connectivity index (χ0v) is 11.9. The van der Waals surface area contributed by atoms with Gasteiger partial charge in [-0.2, -0.15) is 4.73 Å².